The molecule has 0 saturated heterocycles. The Labute approximate surface area is 137 Å². The zero-order valence-corrected chi connectivity index (χ0v) is 13.9. The van der Waals surface area contributed by atoms with E-state index in [2.05, 4.69) is 53.1 Å². The third kappa shape index (κ3) is 6.67. The second kappa shape index (κ2) is 8.99. The molecule has 124 valence electrons. The van der Waals surface area contributed by atoms with Crippen LogP contribution in [-0.2, 0) is 9.09 Å². The topological polar surface area (TPSA) is 66.8 Å². The minimum atomic E-state index is -4.33. The molecule has 0 amide bonds. The fraction of sp³-hybridized carbons (Fsp3) is 0.333. The summed E-state index contributed by atoms with van der Waals surface area (Å²) in [5, 5.41) is 0. The summed E-state index contributed by atoms with van der Waals surface area (Å²) in [4.78, 5) is 17.3. The van der Waals surface area contributed by atoms with Gasteiger partial charge in [0.2, 0.25) is 0 Å². The molecular weight excluding hydrogens is 311 g/mol. The number of hydrogen-bond acceptors (Lipinski definition) is 2. The normalized spacial score (nSPS) is 11.8. The summed E-state index contributed by atoms with van der Waals surface area (Å²) in [5.41, 5.74) is 2.59. The van der Waals surface area contributed by atoms with Crippen molar-refractivity contribution in [1.82, 2.24) is 0 Å². The molecule has 2 N–H and O–H groups in total. The van der Waals surface area contributed by atoms with E-state index < -0.39 is 7.82 Å². The lowest BCUT2D eigenvalue weighted by molar-refractivity contribution is 0.193. The molecular formula is C18H23O4P. The minimum Gasteiger partial charge on any atom is -0.303 e. The van der Waals surface area contributed by atoms with Crippen LogP contribution in [0.3, 0.4) is 0 Å². The Balaban J connectivity index is 1.88. The number of phosphoric ester groups is 1. The van der Waals surface area contributed by atoms with Crippen molar-refractivity contribution in [3.8, 4) is 0 Å². The summed E-state index contributed by atoms with van der Waals surface area (Å²) >= 11 is 0. The van der Waals surface area contributed by atoms with Crippen LogP contribution >= 0.6 is 7.82 Å². The highest BCUT2D eigenvalue weighted by Gasteiger charge is 2.14. The van der Waals surface area contributed by atoms with E-state index in [1.807, 2.05) is 12.1 Å². The van der Waals surface area contributed by atoms with Crippen molar-refractivity contribution in [3.63, 3.8) is 0 Å². The molecule has 0 aliphatic heterocycles. The van der Waals surface area contributed by atoms with Gasteiger partial charge in [-0.1, -0.05) is 73.5 Å². The van der Waals surface area contributed by atoms with Crippen molar-refractivity contribution in [2.24, 2.45) is 0 Å². The molecule has 2 aromatic rings. The van der Waals surface area contributed by atoms with Crippen LogP contribution in [0.1, 0.15) is 42.7 Å². The Kier molecular flexibility index (Phi) is 7.00. The average molecular weight is 334 g/mol. The Bertz CT molecular complexity index is 570. The molecule has 0 heterocycles. The molecule has 0 unspecified atom stereocenters. The molecule has 4 nitrogen and oxygen atoms in total. The first kappa shape index (κ1) is 17.9. The molecule has 5 heteroatoms. The van der Waals surface area contributed by atoms with Crippen molar-refractivity contribution >= 4 is 7.82 Å². The van der Waals surface area contributed by atoms with Crippen LogP contribution in [0.2, 0.25) is 0 Å². The highest BCUT2D eigenvalue weighted by Crippen LogP contribution is 2.36. The first-order valence-electron chi connectivity index (χ1n) is 7.86. The Morgan fingerprint density at radius 3 is 1.83 bits per heavy atom. The first-order valence-corrected chi connectivity index (χ1v) is 9.39. The fourth-order valence-corrected chi connectivity index (χ4v) is 3.07. The summed E-state index contributed by atoms with van der Waals surface area (Å²) in [7, 11) is -4.33. The Morgan fingerprint density at radius 1 is 0.826 bits per heavy atom. The zero-order valence-electron chi connectivity index (χ0n) is 13.0. The highest BCUT2D eigenvalue weighted by atomic mass is 31.2. The Hall–Kier alpha value is -1.45. The third-order valence-corrected chi connectivity index (χ3v) is 4.32. The molecule has 0 aliphatic rings. The first-order chi connectivity index (χ1) is 11.1. The minimum absolute atomic E-state index is 0.103. The van der Waals surface area contributed by atoms with E-state index in [0.717, 1.165) is 19.3 Å². The molecule has 2 aromatic carbocycles. The maximum Gasteiger partial charge on any atom is 0.469 e. The SMILES string of the molecule is O=P(O)(O)OCCCCCC(c1ccccc1)c1ccccc1. The van der Waals surface area contributed by atoms with Gasteiger partial charge in [0, 0.05) is 5.92 Å². The van der Waals surface area contributed by atoms with Crippen molar-refractivity contribution in [2.75, 3.05) is 6.61 Å². The van der Waals surface area contributed by atoms with Gasteiger partial charge in [-0.15, -0.1) is 0 Å². The van der Waals surface area contributed by atoms with Gasteiger partial charge in [0.1, 0.15) is 0 Å². The summed E-state index contributed by atoms with van der Waals surface area (Å²) in [6.07, 6.45) is 3.53. The van der Waals surface area contributed by atoms with Gasteiger partial charge in [-0.3, -0.25) is 4.52 Å². The molecule has 0 aromatic heterocycles. The number of rotatable bonds is 9. The molecule has 0 aliphatic carbocycles. The predicted molar refractivity (Wildman–Crippen MR) is 91.2 cm³/mol. The molecule has 23 heavy (non-hydrogen) atoms. The average Bonchev–Trinajstić information content (AvgIpc) is 2.55. The lowest BCUT2D eigenvalue weighted by atomic mass is 9.87. The van der Waals surface area contributed by atoms with E-state index in [-0.39, 0.29) is 6.61 Å². The van der Waals surface area contributed by atoms with Crippen LogP contribution in [0.25, 0.3) is 0 Å². The van der Waals surface area contributed by atoms with Gasteiger partial charge in [-0.25, -0.2) is 4.57 Å². The molecule has 0 atom stereocenters. The van der Waals surface area contributed by atoms with Gasteiger partial charge < -0.3 is 9.79 Å². The van der Waals surface area contributed by atoms with E-state index >= 15 is 0 Å². The van der Waals surface area contributed by atoms with Crippen molar-refractivity contribution < 1.29 is 18.9 Å². The lowest BCUT2D eigenvalue weighted by Crippen LogP contribution is -2.01. The molecule has 0 fully saturated rings. The van der Waals surface area contributed by atoms with E-state index in [0.29, 0.717) is 12.3 Å². The van der Waals surface area contributed by atoms with Gasteiger partial charge in [-0.05, 0) is 24.0 Å². The van der Waals surface area contributed by atoms with Crippen LogP contribution in [0.5, 0.6) is 0 Å². The summed E-state index contributed by atoms with van der Waals surface area (Å²) in [6, 6.07) is 20.8. The number of hydrogen-bond donors (Lipinski definition) is 2. The van der Waals surface area contributed by atoms with Crippen LogP contribution in [0.15, 0.2) is 60.7 Å². The highest BCUT2D eigenvalue weighted by molar-refractivity contribution is 7.46. The monoisotopic (exact) mass is 334 g/mol. The summed E-state index contributed by atoms with van der Waals surface area (Å²) in [6.45, 7) is 0.103. The van der Waals surface area contributed by atoms with Gasteiger partial charge in [0.05, 0.1) is 6.61 Å². The lowest BCUT2D eigenvalue weighted by Gasteiger charge is -2.18. The van der Waals surface area contributed by atoms with Crippen molar-refractivity contribution in [2.45, 2.75) is 31.6 Å². The molecule has 0 spiro atoms. The van der Waals surface area contributed by atoms with Crippen molar-refractivity contribution in [3.05, 3.63) is 71.8 Å². The second-order valence-electron chi connectivity index (χ2n) is 5.55. The number of phosphoric acid groups is 1. The maximum absolute atomic E-state index is 10.6. The van der Waals surface area contributed by atoms with Crippen molar-refractivity contribution in [1.29, 1.82) is 0 Å². The Morgan fingerprint density at radius 2 is 1.35 bits per heavy atom. The molecule has 2 rings (SSSR count). The summed E-state index contributed by atoms with van der Waals surface area (Å²) < 4.78 is 15.1. The van der Waals surface area contributed by atoms with Gasteiger partial charge in [0.15, 0.2) is 0 Å². The largest absolute Gasteiger partial charge is 0.469 e. The van der Waals surface area contributed by atoms with E-state index in [9.17, 15) is 4.57 Å². The molecule has 0 radical (unpaired) electrons. The number of benzene rings is 2. The van der Waals surface area contributed by atoms with Gasteiger partial charge in [0.25, 0.3) is 0 Å². The van der Waals surface area contributed by atoms with Crippen LogP contribution in [-0.4, -0.2) is 16.4 Å². The van der Waals surface area contributed by atoms with Crippen LogP contribution in [0.4, 0.5) is 0 Å². The standard InChI is InChI=1S/C18H23O4P/c19-23(20,21)22-15-9-3-8-14-18(16-10-4-1-5-11-16)17-12-6-2-7-13-17/h1-2,4-7,10-13,18H,3,8-9,14-15H2,(H2,19,20,21). The quantitative estimate of drug-likeness (QED) is 0.524. The smallest absolute Gasteiger partial charge is 0.303 e. The van der Waals surface area contributed by atoms with E-state index in [4.69, 9.17) is 9.79 Å². The van der Waals surface area contributed by atoms with Crippen LogP contribution in [0, 0.1) is 0 Å². The number of unbranched alkanes of at least 4 members (excludes halogenated alkanes) is 2. The van der Waals surface area contributed by atoms with Gasteiger partial charge in [-0.2, -0.15) is 0 Å². The van der Waals surface area contributed by atoms with E-state index in [1.54, 1.807) is 0 Å². The fourth-order valence-electron chi connectivity index (χ4n) is 2.71. The van der Waals surface area contributed by atoms with Crippen LogP contribution < -0.4 is 0 Å². The molecule has 0 bridgehead atoms. The van der Waals surface area contributed by atoms with Gasteiger partial charge >= 0.3 is 7.82 Å². The molecule has 0 saturated carbocycles. The maximum atomic E-state index is 10.6. The predicted octanol–water partition coefficient (Wildman–Crippen LogP) is 4.49. The van der Waals surface area contributed by atoms with E-state index in [1.165, 1.54) is 11.1 Å². The zero-order chi connectivity index (χ0) is 16.5. The second-order valence-corrected chi connectivity index (χ2v) is 6.79. The summed E-state index contributed by atoms with van der Waals surface area (Å²) in [5.74, 6) is 0.347. The third-order valence-electron chi connectivity index (χ3n) is 3.80.